The van der Waals surface area contributed by atoms with Gasteiger partial charge < -0.3 is 5.32 Å². The minimum atomic E-state index is -2.16. The number of aromatic nitrogens is 2. The monoisotopic (exact) mass is 305 g/mol. The average Bonchev–Trinajstić information content (AvgIpc) is 2.87. The van der Waals surface area contributed by atoms with Crippen LogP contribution in [0.5, 0.6) is 0 Å². The Bertz CT molecular complexity index is 624. The third-order valence-electron chi connectivity index (χ3n) is 3.07. The van der Waals surface area contributed by atoms with Gasteiger partial charge in [0.1, 0.15) is 5.69 Å². The predicted octanol–water partition coefficient (Wildman–Crippen LogP) is 3.46. The third-order valence-corrected chi connectivity index (χ3v) is 3.07. The van der Waals surface area contributed by atoms with Crippen molar-refractivity contribution in [3.8, 4) is 0 Å². The number of nitrogens with one attached hydrogen (secondary N) is 2. The van der Waals surface area contributed by atoms with Crippen molar-refractivity contribution in [1.82, 2.24) is 10.2 Å². The fourth-order valence-electron chi connectivity index (χ4n) is 1.88. The van der Waals surface area contributed by atoms with Crippen molar-refractivity contribution in [1.29, 1.82) is 0 Å². The van der Waals surface area contributed by atoms with Gasteiger partial charge in [-0.25, -0.2) is 22.0 Å². The Morgan fingerprint density at radius 1 is 1.00 bits per heavy atom. The van der Waals surface area contributed by atoms with Crippen LogP contribution in [0.4, 0.5) is 27.6 Å². The highest BCUT2D eigenvalue weighted by Gasteiger charge is 2.25. The fraction of sp³-hybridized carbons (Fsp3) is 0.308. The van der Waals surface area contributed by atoms with Crippen molar-refractivity contribution >= 4 is 5.69 Å². The maximum absolute atomic E-state index is 13.4. The Balaban J connectivity index is 2.02. The zero-order chi connectivity index (χ0) is 15.6. The lowest BCUT2D eigenvalue weighted by molar-refractivity contribution is 0.381. The summed E-state index contributed by atoms with van der Waals surface area (Å²) in [7, 11) is 0. The van der Waals surface area contributed by atoms with Crippen molar-refractivity contribution in [3.63, 3.8) is 0 Å². The molecule has 0 saturated carbocycles. The van der Waals surface area contributed by atoms with E-state index in [9.17, 15) is 22.0 Å². The summed E-state index contributed by atoms with van der Waals surface area (Å²) in [6.45, 7) is 1.88. The van der Waals surface area contributed by atoms with Gasteiger partial charge in [0.25, 0.3) is 0 Å². The van der Waals surface area contributed by atoms with Crippen LogP contribution in [0.2, 0.25) is 0 Å². The molecule has 0 fully saturated rings. The topological polar surface area (TPSA) is 40.7 Å². The van der Waals surface area contributed by atoms with Crippen molar-refractivity contribution in [2.75, 3.05) is 11.9 Å². The zero-order valence-corrected chi connectivity index (χ0v) is 11.0. The summed E-state index contributed by atoms with van der Waals surface area (Å²) < 4.78 is 65.5. The molecule has 1 aromatic heterocycles. The first kappa shape index (κ1) is 15.3. The van der Waals surface area contributed by atoms with Crippen molar-refractivity contribution in [2.45, 2.75) is 19.8 Å². The van der Waals surface area contributed by atoms with Crippen LogP contribution in [0.25, 0.3) is 0 Å². The first-order valence-corrected chi connectivity index (χ1v) is 6.17. The number of benzene rings is 1. The second kappa shape index (κ2) is 6.11. The van der Waals surface area contributed by atoms with Gasteiger partial charge >= 0.3 is 0 Å². The van der Waals surface area contributed by atoms with Gasteiger partial charge in [0.2, 0.25) is 5.82 Å². The van der Waals surface area contributed by atoms with Gasteiger partial charge in [0.05, 0.1) is 6.20 Å². The standard InChI is InChI=1S/C13H12F5N3/c1-6-7(5-20-21-6)3-2-4-19-13-11(17)9(15)8(14)10(16)12(13)18/h5,19H,2-4H2,1H3,(H,20,21). The molecule has 0 saturated heterocycles. The first-order chi connectivity index (χ1) is 9.93. The predicted molar refractivity (Wildman–Crippen MR) is 66.4 cm³/mol. The molecule has 1 heterocycles. The van der Waals surface area contributed by atoms with Crippen molar-refractivity contribution in [3.05, 3.63) is 46.5 Å². The molecule has 8 heteroatoms. The number of H-pyrrole nitrogens is 1. The van der Waals surface area contributed by atoms with Crippen LogP contribution in [-0.2, 0) is 6.42 Å². The van der Waals surface area contributed by atoms with E-state index >= 15 is 0 Å². The van der Waals surface area contributed by atoms with Gasteiger partial charge in [-0.2, -0.15) is 5.10 Å². The molecule has 0 spiro atoms. The molecular formula is C13H12F5N3. The van der Waals surface area contributed by atoms with E-state index in [0.717, 1.165) is 11.3 Å². The van der Waals surface area contributed by atoms with Gasteiger partial charge in [0, 0.05) is 12.2 Å². The molecule has 0 aliphatic rings. The molecule has 0 aliphatic heterocycles. The number of anilines is 1. The number of aromatic amines is 1. The number of halogens is 5. The van der Waals surface area contributed by atoms with E-state index in [0.29, 0.717) is 12.8 Å². The van der Waals surface area contributed by atoms with Gasteiger partial charge in [-0.05, 0) is 25.3 Å². The van der Waals surface area contributed by atoms with Crippen LogP contribution < -0.4 is 5.32 Å². The van der Waals surface area contributed by atoms with Crippen LogP contribution in [0.3, 0.4) is 0 Å². The smallest absolute Gasteiger partial charge is 0.200 e. The second-order valence-electron chi connectivity index (χ2n) is 4.50. The quantitative estimate of drug-likeness (QED) is 0.384. The summed E-state index contributed by atoms with van der Waals surface area (Å²) in [5.74, 6) is -9.79. The van der Waals surface area contributed by atoms with Crippen LogP contribution in [0, 0.1) is 36.0 Å². The Hall–Kier alpha value is -2.12. The first-order valence-electron chi connectivity index (χ1n) is 6.17. The van der Waals surface area contributed by atoms with Crippen LogP contribution in [0.15, 0.2) is 6.20 Å². The van der Waals surface area contributed by atoms with E-state index < -0.39 is 34.8 Å². The number of rotatable bonds is 5. The lowest BCUT2D eigenvalue weighted by Gasteiger charge is -2.10. The molecule has 2 N–H and O–H groups in total. The fourth-order valence-corrected chi connectivity index (χ4v) is 1.88. The maximum Gasteiger partial charge on any atom is 0.200 e. The van der Waals surface area contributed by atoms with Crippen LogP contribution in [0.1, 0.15) is 17.7 Å². The molecule has 0 unspecified atom stereocenters. The Kier molecular flexibility index (Phi) is 4.44. The highest BCUT2D eigenvalue weighted by molar-refractivity contribution is 5.47. The van der Waals surface area contributed by atoms with Crippen molar-refractivity contribution in [2.24, 2.45) is 0 Å². The van der Waals surface area contributed by atoms with Gasteiger partial charge in [0.15, 0.2) is 23.3 Å². The molecule has 21 heavy (non-hydrogen) atoms. The minimum Gasteiger partial charge on any atom is -0.380 e. The number of hydrogen-bond donors (Lipinski definition) is 2. The van der Waals surface area contributed by atoms with E-state index in [4.69, 9.17) is 0 Å². The summed E-state index contributed by atoms with van der Waals surface area (Å²) in [6, 6.07) is 0. The molecule has 2 rings (SSSR count). The van der Waals surface area contributed by atoms with Gasteiger partial charge in [-0.15, -0.1) is 0 Å². The van der Waals surface area contributed by atoms with Crippen molar-refractivity contribution < 1.29 is 22.0 Å². The number of nitrogens with zero attached hydrogens (tertiary/aromatic N) is 1. The molecule has 0 radical (unpaired) electrons. The van der Waals surface area contributed by atoms with E-state index in [1.807, 2.05) is 6.92 Å². The summed E-state index contributed by atoms with van der Waals surface area (Å²) in [4.78, 5) is 0. The van der Waals surface area contributed by atoms with E-state index in [1.54, 1.807) is 6.20 Å². The highest BCUT2D eigenvalue weighted by atomic mass is 19.2. The summed E-state index contributed by atoms with van der Waals surface area (Å²) in [5.41, 5.74) is 0.788. The van der Waals surface area contributed by atoms with E-state index in [2.05, 4.69) is 15.5 Å². The molecular weight excluding hydrogens is 293 g/mol. The summed E-state index contributed by atoms with van der Waals surface area (Å²) >= 11 is 0. The zero-order valence-electron chi connectivity index (χ0n) is 11.0. The summed E-state index contributed by atoms with van der Waals surface area (Å²) in [5, 5.41) is 8.79. The lowest BCUT2D eigenvalue weighted by Crippen LogP contribution is -2.11. The van der Waals surface area contributed by atoms with Crippen LogP contribution in [-0.4, -0.2) is 16.7 Å². The Labute approximate surface area is 117 Å². The second-order valence-corrected chi connectivity index (χ2v) is 4.50. The van der Waals surface area contributed by atoms with Gasteiger partial charge in [-0.1, -0.05) is 0 Å². The number of hydrogen-bond acceptors (Lipinski definition) is 2. The molecule has 1 aromatic carbocycles. The lowest BCUT2D eigenvalue weighted by atomic mass is 10.1. The highest BCUT2D eigenvalue weighted by Crippen LogP contribution is 2.27. The molecule has 2 aromatic rings. The molecule has 3 nitrogen and oxygen atoms in total. The van der Waals surface area contributed by atoms with E-state index in [-0.39, 0.29) is 6.54 Å². The largest absolute Gasteiger partial charge is 0.380 e. The number of aryl methyl sites for hydroxylation is 2. The average molecular weight is 305 g/mol. The van der Waals surface area contributed by atoms with E-state index in [1.165, 1.54) is 0 Å². The van der Waals surface area contributed by atoms with Gasteiger partial charge in [-0.3, -0.25) is 5.10 Å². The minimum absolute atomic E-state index is 0.0585. The molecule has 0 aliphatic carbocycles. The Morgan fingerprint density at radius 2 is 1.57 bits per heavy atom. The van der Waals surface area contributed by atoms with Crippen LogP contribution >= 0.6 is 0 Å². The molecule has 114 valence electrons. The third kappa shape index (κ3) is 2.98. The Morgan fingerprint density at radius 3 is 2.10 bits per heavy atom. The SMILES string of the molecule is Cc1[nH]ncc1CCCNc1c(F)c(F)c(F)c(F)c1F. The normalized spacial score (nSPS) is 11.0. The molecule has 0 amide bonds. The molecule has 0 bridgehead atoms. The maximum atomic E-state index is 13.4. The molecule has 0 atom stereocenters. The summed E-state index contributed by atoms with van der Waals surface area (Å²) in [6.07, 6.45) is 2.62.